The number of nitrogens with one attached hydrogen (secondary N) is 2. The molecule has 0 aliphatic rings. The van der Waals surface area contributed by atoms with Gasteiger partial charge in [0, 0.05) is 24.8 Å². The maximum atomic E-state index is 12.4. The molecule has 148 valence electrons. The third-order valence-corrected chi connectivity index (χ3v) is 4.44. The Labute approximate surface area is 169 Å². The van der Waals surface area contributed by atoms with E-state index in [-0.39, 0.29) is 17.5 Å². The minimum absolute atomic E-state index is 0.196. The second kappa shape index (κ2) is 9.50. The molecule has 2 amide bonds. The summed E-state index contributed by atoms with van der Waals surface area (Å²) >= 11 is 0. The van der Waals surface area contributed by atoms with Crippen LogP contribution in [0.5, 0.6) is 5.75 Å². The third-order valence-electron chi connectivity index (χ3n) is 4.44. The van der Waals surface area contributed by atoms with Crippen molar-refractivity contribution in [2.75, 3.05) is 7.11 Å². The van der Waals surface area contributed by atoms with Crippen molar-refractivity contribution < 1.29 is 14.3 Å². The monoisotopic (exact) mass is 389 g/mol. The van der Waals surface area contributed by atoms with Crippen molar-refractivity contribution in [1.82, 2.24) is 15.6 Å². The molecule has 29 heavy (non-hydrogen) atoms. The second-order valence-corrected chi connectivity index (χ2v) is 6.63. The molecule has 0 aliphatic carbocycles. The summed E-state index contributed by atoms with van der Waals surface area (Å²) < 4.78 is 5.12. The number of pyridine rings is 1. The summed E-state index contributed by atoms with van der Waals surface area (Å²) in [6, 6.07) is 18.4. The molecule has 0 fully saturated rings. The van der Waals surface area contributed by atoms with Gasteiger partial charge in [-0.2, -0.15) is 0 Å². The number of hydrogen-bond acceptors (Lipinski definition) is 4. The fourth-order valence-corrected chi connectivity index (χ4v) is 2.70. The smallest absolute Gasteiger partial charge is 0.270 e. The van der Waals surface area contributed by atoms with Crippen LogP contribution < -0.4 is 15.4 Å². The number of rotatable bonds is 7. The van der Waals surface area contributed by atoms with Gasteiger partial charge in [0.1, 0.15) is 11.4 Å². The van der Waals surface area contributed by atoms with Crippen molar-refractivity contribution in [3.63, 3.8) is 0 Å². The van der Waals surface area contributed by atoms with E-state index in [9.17, 15) is 9.59 Å². The van der Waals surface area contributed by atoms with Gasteiger partial charge in [0.15, 0.2) is 0 Å². The van der Waals surface area contributed by atoms with Gasteiger partial charge in [0.2, 0.25) is 0 Å². The number of methoxy groups -OCH3 is 1. The maximum absolute atomic E-state index is 12.4. The predicted molar refractivity (Wildman–Crippen MR) is 111 cm³/mol. The van der Waals surface area contributed by atoms with Crippen molar-refractivity contribution >= 4 is 11.8 Å². The number of hydrogen-bond donors (Lipinski definition) is 2. The molecule has 0 unspecified atom stereocenters. The summed E-state index contributed by atoms with van der Waals surface area (Å²) in [6.45, 7) is 2.79. The lowest BCUT2D eigenvalue weighted by Crippen LogP contribution is -2.26. The van der Waals surface area contributed by atoms with Crippen LogP contribution in [0.4, 0.5) is 0 Å². The highest BCUT2D eigenvalue weighted by molar-refractivity contribution is 5.98. The summed E-state index contributed by atoms with van der Waals surface area (Å²) in [7, 11) is 1.60. The summed E-state index contributed by atoms with van der Waals surface area (Å²) in [5.41, 5.74) is 3.70. The van der Waals surface area contributed by atoms with E-state index in [0.717, 1.165) is 16.9 Å². The molecule has 2 aromatic carbocycles. The zero-order valence-electron chi connectivity index (χ0n) is 16.4. The topological polar surface area (TPSA) is 80.3 Å². The Morgan fingerprint density at radius 2 is 1.45 bits per heavy atom. The van der Waals surface area contributed by atoms with Gasteiger partial charge in [-0.1, -0.05) is 42.0 Å². The highest BCUT2D eigenvalue weighted by Crippen LogP contribution is 2.11. The molecule has 1 aromatic heterocycles. The number of aromatic nitrogens is 1. The first-order valence-electron chi connectivity index (χ1n) is 9.26. The van der Waals surface area contributed by atoms with Crippen molar-refractivity contribution in [3.8, 4) is 5.75 Å². The molecule has 0 bridgehead atoms. The highest BCUT2D eigenvalue weighted by atomic mass is 16.5. The quantitative estimate of drug-likeness (QED) is 0.650. The Morgan fingerprint density at radius 3 is 2.07 bits per heavy atom. The minimum Gasteiger partial charge on any atom is -0.497 e. The number of ether oxygens (including phenoxy) is 1. The lowest BCUT2D eigenvalue weighted by molar-refractivity contribution is 0.0946. The standard InChI is InChI=1S/C23H23N3O3/c1-16-3-5-17(6-4-16)14-25-22(27)19-11-12-24-21(13-19)23(28)26-15-18-7-9-20(29-2)10-8-18/h3-13H,14-15H2,1-2H3,(H,25,27)(H,26,28). The number of nitrogens with zero attached hydrogens (tertiary/aromatic N) is 1. The van der Waals surface area contributed by atoms with Crippen molar-refractivity contribution in [2.45, 2.75) is 20.0 Å². The number of aryl methyl sites for hydroxylation is 1. The summed E-state index contributed by atoms with van der Waals surface area (Å²) in [5.74, 6) is 0.164. The predicted octanol–water partition coefficient (Wildman–Crippen LogP) is 3.26. The first-order valence-corrected chi connectivity index (χ1v) is 9.26. The van der Waals surface area contributed by atoms with E-state index in [0.29, 0.717) is 18.7 Å². The molecule has 3 rings (SSSR count). The fraction of sp³-hybridized carbons (Fsp3) is 0.174. The van der Waals surface area contributed by atoms with Crippen LogP contribution in [0, 0.1) is 6.92 Å². The molecule has 0 atom stereocenters. The molecular weight excluding hydrogens is 366 g/mol. The third kappa shape index (κ3) is 5.65. The first-order chi connectivity index (χ1) is 14.0. The van der Waals surface area contributed by atoms with Crippen LogP contribution >= 0.6 is 0 Å². The summed E-state index contributed by atoms with van der Waals surface area (Å²) in [5, 5.41) is 5.67. The highest BCUT2D eigenvalue weighted by Gasteiger charge is 2.12. The molecule has 6 nitrogen and oxygen atoms in total. The van der Waals surface area contributed by atoms with E-state index in [1.807, 2.05) is 55.5 Å². The van der Waals surface area contributed by atoms with Gasteiger partial charge in [0.05, 0.1) is 7.11 Å². The Morgan fingerprint density at radius 1 is 0.862 bits per heavy atom. The second-order valence-electron chi connectivity index (χ2n) is 6.63. The van der Waals surface area contributed by atoms with Crippen LogP contribution in [0.3, 0.4) is 0 Å². The molecule has 0 saturated heterocycles. The van der Waals surface area contributed by atoms with Gasteiger partial charge in [-0.05, 0) is 42.3 Å². The molecule has 0 radical (unpaired) electrons. The average Bonchev–Trinajstić information content (AvgIpc) is 2.77. The molecule has 1 heterocycles. The van der Waals surface area contributed by atoms with Crippen LogP contribution in [-0.2, 0) is 13.1 Å². The van der Waals surface area contributed by atoms with E-state index < -0.39 is 0 Å². The number of benzene rings is 2. The summed E-state index contributed by atoms with van der Waals surface area (Å²) in [4.78, 5) is 28.9. The van der Waals surface area contributed by atoms with Crippen LogP contribution in [0.25, 0.3) is 0 Å². The van der Waals surface area contributed by atoms with E-state index in [2.05, 4.69) is 15.6 Å². The van der Waals surface area contributed by atoms with Crippen LogP contribution in [0.2, 0.25) is 0 Å². The Bertz CT molecular complexity index is 983. The van der Waals surface area contributed by atoms with Crippen LogP contribution in [0.15, 0.2) is 66.9 Å². The lowest BCUT2D eigenvalue weighted by atomic mass is 10.1. The minimum atomic E-state index is -0.339. The van der Waals surface area contributed by atoms with Gasteiger partial charge >= 0.3 is 0 Å². The normalized spacial score (nSPS) is 10.3. The van der Waals surface area contributed by atoms with Gasteiger partial charge in [-0.25, -0.2) is 0 Å². The van der Waals surface area contributed by atoms with Crippen molar-refractivity contribution in [3.05, 3.63) is 94.8 Å². The fourth-order valence-electron chi connectivity index (χ4n) is 2.70. The molecule has 3 aromatic rings. The molecule has 0 spiro atoms. The van der Waals surface area contributed by atoms with Crippen LogP contribution in [-0.4, -0.2) is 23.9 Å². The molecular formula is C23H23N3O3. The Balaban J connectivity index is 1.57. The number of amides is 2. The number of carbonyl (C=O) groups excluding carboxylic acids is 2. The molecule has 0 aliphatic heterocycles. The molecule has 2 N–H and O–H groups in total. The molecule has 0 saturated carbocycles. The van der Waals surface area contributed by atoms with Crippen molar-refractivity contribution in [1.29, 1.82) is 0 Å². The largest absolute Gasteiger partial charge is 0.497 e. The SMILES string of the molecule is COc1ccc(CNC(=O)c2cc(C(=O)NCc3ccc(C)cc3)ccn2)cc1. The Hall–Kier alpha value is -3.67. The van der Waals surface area contributed by atoms with E-state index in [1.54, 1.807) is 13.2 Å². The average molecular weight is 389 g/mol. The zero-order chi connectivity index (χ0) is 20.6. The van der Waals surface area contributed by atoms with Gasteiger partial charge in [-0.15, -0.1) is 0 Å². The number of carbonyl (C=O) groups is 2. The van der Waals surface area contributed by atoms with Crippen molar-refractivity contribution in [2.24, 2.45) is 0 Å². The first kappa shape index (κ1) is 20.1. The van der Waals surface area contributed by atoms with Gasteiger partial charge in [-0.3, -0.25) is 14.6 Å². The maximum Gasteiger partial charge on any atom is 0.270 e. The van der Waals surface area contributed by atoms with Crippen LogP contribution in [0.1, 0.15) is 37.5 Å². The molecule has 6 heteroatoms. The van der Waals surface area contributed by atoms with Gasteiger partial charge < -0.3 is 15.4 Å². The summed E-state index contributed by atoms with van der Waals surface area (Å²) in [6.07, 6.45) is 1.46. The van der Waals surface area contributed by atoms with E-state index >= 15 is 0 Å². The van der Waals surface area contributed by atoms with Gasteiger partial charge in [0.25, 0.3) is 11.8 Å². The van der Waals surface area contributed by atoms with E-state index in [4.69, 9.17) is 4.74 Å². The zero-order valence-corrected chi connectivity index (χ0v) is 16.4. The Kier molecular flexibility index (Phi) is 6.58. The van der Waals surface area contributed by atoms with E-state index in [1.165, 1.54) is 17.8 Å². The lowest BCUT2D eigenvalue weighted by Gasteiger charge is -2.08.